The summed E-state index contributed by atoms with van der Waals surface area (Å²) in [6.45, 7) is 2.07. The molecule has 0 bridgehead atoms. The number of imidazole rings is 1. The van der Waals surface area contributed by atoms with Gasteiger partial charge in [0.1, 0.15) is 5.82 Å². The third-order valence-electron chi connectivity index (χ3n) is 1.14. The minimum Gasteiger partial charge on any atom is -0.396 e. The van der Waals surface area contributed by atoms with Crippen molar-refractivity contribution in [3.05, 3.63) is 17.7 Å². The van der Waals surface area contributed by atoms with Gasteiger partial charge in [0.25, 0.3) is 0 Å². The SMILES string of the molecule is Cc1ncc(CCO)[nH]1.Cl. The Morgan fingerprint density at radius 3 is 2.80 bits per heavy atom. The van der Waals surface area contributed by atoms with Crippen LogP contribution in [0.15, 0.2) is 6.20 Å². The number of aromatic amines is 1. The molecule has 0 radical (unpaired) electrons. The van der Waals surface area contributed by atoms with Crippen molar-refractivity contribution in [2.45, 2.75) is 13.3 Å². The highest BCUT2D eigenvalue weighted by Gasteiger charge is 1.92. The van der Waals surface area contributed by atoms with Crippen molar-refractivity contribution in [1.29, 1.82) is 0 Å². The molecule has 1 rings (SSSR count). The number of halogens is 1. The Labute approximate surface area is 65.9 Å². The van der Waals surface area contributed by atoms with Gasteiger partial charge >= 0.3 is 0 Å². The number of nitrogens with one attached hydrogen (secondary N) is 1. The van der Waals surface area contributed by atoms with Crippen molar-refractivity contribution in [2.24, 2.45) is 0 Å². The fourth-order valence-corrected chi connectivity index (χ4v) is 0.719. The summed E-state index contributed by atoms with van der Waals surface area (Å²) < 4.78 is 0. The van der Waals surface area contributed by atoms with Gasteiger partial charge < -0.3 is 10.1 Å². The molecule has 0 aliphatic rings. The molecule has 4 heteroatoms. The van der Waals surface area contributed by atoms with Gasteiger partial charge in [-0.1, -0.05) is 0 Å². The zero-order chi connectivity index (χ0) is 6.69. The van der Waals surface area contributed by atoms with Crippen LogP contribution in [0.1, 0.15) is 11.5 Å². The van der Waals surface area contributed by atoms with Crippen molar-refractivity contribution in [2.75, 3.05) is 6.61 Å². The van der Waals surface area contributed by atoms with E-state index >= 15 is 0 Å². The van der Waals surface area contributed by atoms with E-state index in [1.165, 1.54) is 0 Å². The first-order valence-electron chi connectivity index (χ1n) is 2.94. The summed E-state index contributed by atoms with van der Waals surface area (Å²) in [5.41, 5.74) is 0.995. The number of hydrogen-bond donors (Lipinski definition) is 2. The Bertz CT molecular complexity index is 188. The second-order valence-corrected chi connectivity index (χ2v) is 1.97. The van der Waals surface area contributed by atoms with Crippen LogP contribution in [0.25, 0.3) is 0 Å². The number of aliphatic hydroxyl groups is 1. The van der Waals surface area contributed by atoms with E-state index < -0.39 is 0 Å². The quantitative estimate of drug-likeness (QED) is 0.672. The molecule has 0 unspecified atom stereocenters. The number of aryl methyl sites for hydroxylation is 1. The molecule has 1 aromatic heterocycles. The Morgan fingerprint density at radius 1 is 1.70 bits per heavy atom. The molecular formula is C6H11ClN2O. The minimum atomic E-state index is 0. The molecule has 1 heterocycles. The van der Waals surface area contributed by atoms with Crippen molar-refractivity contribution in [3.8, 4) is 0 Å². The van der Waals surface area contributed by atoms with Gasteiger partial charge in [-0.3, -0.25) is 0 Å². The van der Waals surface area contributed by atoms with Crippen LogP contribution in [0.5, 0.6) is 0 Å². The Kier molecular flexibility index (Phi) is 4.07. The van der Waals surface area contributed by atoms with Gasteiger partial charge in [0.2, 0.25) is 0 Å². The molecule has 0 amide bonds. The Balaban J connectivity index is 0.000000810. The van der Waals surface area contributed by atoms with E-state index in [0.29, 0.717) is 6.42 Å². The van der Waals surface area contributed by atoms with E-state index in [9.17, 15) is 0 Å². The lowest BCUT2D eigenvalue weighted by Crippen LogP contribution is -1.89. The lowest BCUT2D eigenvalue weighted by Gasteiger charge is -1.87. The van der Waals surface area contributed by atoms with Crippen molar-refractivity contribution in [1.82, 2.24) is 9.97 Å². The number of hydrogen-bond acceptors (Lipinski definition) is 2. The minimum absolute atomic E-state index is 0. The van der Waals surface area contributed by atoms with Crippen LogP contribution >= 0.6 is 12.4 Å². The van der Waals surface area contributed by atoms with Crippen LogP contribution in [-0.2, 0) is 6.42 Å². The number of nitrogens with zero attached hydrogens (tertiary/aromatic N) is 1. The number of H-pyrrole nitrogens is 1. The molecule has 0 fully saturated rings. The second-order valence-electron chi connectivity index (χ2n) is 1.97. The zero-order valence-corrected chi connectivity index (χ0v) is 6.61. The highest BCUT2D eigenvalue weighted by Crippen LogP contribution is 1.94. The number of rotatable bonds is 2. The zero-order valence-electron chi connectivity index (χ0n) is 5.79. The predicted molar refractivity (Wildman–Crippen MR) is 41.4 cm³/mol. The van der Waals surface area contributed by atoms with Gasteiger partial charge in [-0.25, -0.2) is 4.98 Å². The average molecular weight is 163 g/mol. The van der Waals surface area contributed by atoms with Gasteiger partial charge in [0.05, 0.1) is 0 Å². The first-order valence-corrected chi connectivity index (χ1v) is 2.94. The summed E-state index contributed by atoms with van der Waals surface area (Å²) in [6.07, 6.45) is 2.41. The van der Waals surface area contributed by atoms with E-state index in [1.807, 2.05) is 6.92 Å². The maximum Gasteiger partial charge on any atom is 0.103 e. The normalized spacial score (nSPS) is 9.00. The standard InChI is InChI=1S/C6H10N2O.ClH/c1-5-7-4-6(8-5)2-3-9;/h4,9H,2-3H2,1H3,(H,7,8);1H. The number of aromatic nitrogens is 2. The topological polar surface area (TPSA) is 48.9 Å². The Hall–Kier alpha value is -0.540. The third kappa shape index (κ3) is 2.37. The molecule has 10 heavy (non-hydrogen) atoms. The summed E-state index contributed by atoms with van der Waals surface area (Å²) in [6, 6.07) is 0. The first kappa shape index (κ1) is 9.46. The first-order chi connectivity index (χ1) is 4.33. The lowest BCUT2D eigenvalue weighted by atomic mass is 10.4. The van der Waals surface area contributed by atoms with Crippen LogP contribution in [0.2, 0.25) is 0 Å². The van der Waals surface area contributed by atoms with Crippen LogP contribution in [0.4, 0.5) is 0 Å². The van der Waals surface area contributed by atoms with Crippen molar-refractivity contribution in [3.63, 3.8) is 0 Å². The third-order valence-corrected chi connectivity index (χ3v) is 1.14. The summed E-state index contributed by atoms with van der Waals surface area (Å²) in [5, 5.41) is 8.48. The summed E-state index contributed by atoms with van der Waals surface area (Å²) in [4.78, 5) is 6.97. The van der Waals surface area contributed by atoms with E-state index in [2.05, 4.69) is 9.97 Å². The van der Waals surface area contributed by atoms with Crippen molar-refractivity contribution < 1.29 is 5.11 Å². The molecule has 0 aliphatic carbocycles. The monoisotopic (exact) mass is 162 g/mol. The van der Waals surface area contributed by atoms with E-state index in [0.717, 1.165) is 11.5 Å². The van der Waals surface area contributed by atoms with Crippen LogP contribution in [-0.4, -0.2) is 21.7 Å². The highest BCUT2D eigenvalue weighted by atomic mass is 35.5. The molecule has 0 saturated heterocycles. The van der Waals surface area contributed by atoms with Crippen molar-refractivity contribution >= 4 is 12.4 Å². The molecule has 58 valence electrons. The average Bonchev–Trinajstić information content (AvgIpc) is 2.17. The highest BCUT2D eigenvalue weighted by molar-refractivity contribution is 5.85. The van der Waals surface area contributed by atoms with Gasteiger partial charge in [0, 0.05) is 24.9 Å². The van der Waals surface area contributed by atoms with Gasteiger partial charge in [-0.15, -0.1) is 12.4 Å². The molecule has 1 aromatic rings. The summed E-state index contributed by atoms with van der Waals surface area (Å²) in [5.74, 6) is 0.901. The molecular weight excluding hydrogens is 152 g/mol. The second kappa shape index (κ2) is 4.30. The molecule has 2 N–H and O–H groups in total. The molecule has 0 spiro atoms. The molecule has 0 aromatic carbocycles. The van der Waals surface area contributed by atoms with E-state index in [4.69, 9.17) is 5.11 Å². The fourth-order valence-electron chi connectivity index (χ4n) is 0.719. The Morgan fingerprint density at radius 2 is 2.40 bits per heavy atom. The lowest BCUT2D eigenvalue weighted by molar-refractivity contribution is 0.298. The van der Waals surface area contributed by atoms with Crippen LogP contribution in [0.3, 0.4) is 0 Å². The fraction of sp³-hybridized carbons (Fsp3) is 0.500. The van der Waals surface area contributed by atoms with Gasteiger partial charge in [-0.05, 0) is 6.92 Å². The number of aliphatic hydroxyl groups excluding tert-OH is 1. The van der Waals surface area contributed by atoms with Gasteiger partial charge in [0.15, 0.2) is 0 Å². The molecule has 3 nitrogen and oxygen atoms in total. The summed E-state index contributed by atoms with van der Waals surface area (Å²) >= 11 is 0. The maximum absolute atomic E-state index is 8.48. The molecule has 0 atom stereocenters. The van der Waals surface area contributed by atoms with Gasteiger partial charge in [-0.2, -0.15) is 0 Å². The van der Waals surface area contributed by atoms with E-state index in [1.54, 1.807) is 6.20 Å². The molecule has 0 aliphatic heterocycles. The molecule has 0 saturated carbocycles. The largest absolute Gasteiger partial charge is 0.396 e. The predicted octanol–water partition coefficient (Wildman–Crippen LogP) is 0.675. The van der Waals surface area contributed by atoms with Crippen LogP contribution < -0.4 is 0 Å². The smallest absolute Gasteiger partial charge is 0.103 e. The maximum atomic E-state index is 8.48. The van der Waals surface area contributed by atoms with E-state index in [-0.39, 0.29) is 19.0 Å². The van der Waals surface area contributed by atoms with Crippen LogP contribution in [0, 0.1) is 6.92 Å². The summed E-state index contributed by atoms with van der Waals surface area (Å²) in [7, 11) is 0.